The minimum Gasteiger partial charge on any atom is -0.404 e. The van der Waals surface area contributed by atoms with Crippen molar-refractivity contribution >= 4 is 30.4 Å². The molecule has 7 nitrogen and oxygen atoms in total. The molecule has 3 aromatic rings. The van der Waals surface area contributed by atoms with Gasteiger partial charge in [-0.1, -0.05) is 87.5 Å². The van der Waals surface area contributed by atoms with Gasteiger partial charge in [0.05, 0.1) is 12.8 Å². The molecule has 2 heterocycles. The van der Waals surface area contributed by atoms with Gasteiger partial charge in [0, 0.05) is 6.92 Å². The molecule has 1 N–H and O–H groups in total. The van der Waals surface area contributed by atoms with Crippen LogP contribution in [0.5, 0.6) is 0 Å². The molecule has 1 aliphatic rings. The van der Waals surface area contributed by atoms with E-state index in [2.05, 4.69) is 55.3 Å². The number of carbonyl (C=O) groups excluding carboxylic acids is 1. The summed E-state index contributed by atoms with van der Waals surface area (Å²) in [6.45, 7) is 8.05. The van der Waals surface area contributed by atoms with Crippen molar-refractivity contribution in [3.63, 3.8) is 0 Å². The Balaban J connectivity index is 1.59. The van der Waals surface area contributed by atoms with Gasteiger partial charge in [0.1, 0.15) is 6.10 Å². The first-order valence-electron chi connectivity index (χ1n) is 11.8. The zero-order valence-corrected chi connectivity index (χ0v) is 21.8. The van der Waals surface area contributed by atoms with Crippen LogP contribution < -0.4 is 21.4 Å². The Bertz CT molecular complexity index is 1270. The number of ether oxygens (including phenoxy) is 1. The number of aromatic nitrogens is 2. The first-order chi connectivity index (χ1) is 17.1. The van der Waals surface area contributed by atoms with Crippen LogP contribution >= 0.6 is 0 Å². The molecule has 0 radical (unpaired) electrons. The predicted octanol–water partition coefficient (Wildman–Crippen LogP) is 3.37. The van der Waals surface area contributed by atoms with Crippen molar-refractivity contribution in [3.8, 4) is 0 Å². The number of nitrogens with zero attached hydrogens (tertiary/aromatic N) is 2. The van der Waals surface area contributed by atoms with Crippen LogP contribution in [0.3, 0.4) is 0 Å². The van der Waals surface area contributed by atoms with E-state index in [4.69, 9.17) is 9.16 Å². The van der Waals surface area contributed by atoms with Crippen LogP contribution in [0.2, 0.25) is 5.04 Å². The first-order valence-corrected chi connectivity index (χ1v) is 13.7. The molecular formula is C27H30FN3O4Si. The number of carbonyl (C=O) groups is 1. The summed E-state index contributed by atoms with van der Waals surface area (Å²) in [4.78, 5) is 27.3. The molecule has 2 atom stereocenters. The van der Waals surface area contributed by atoms with E-state index < -0.39 is 43.9 Å². The predicted molar refractivity (Wildman–Crippen MR) is 139 cm³/mol. The summed E-state index contributed by atoms with van der Waals surface area (Å²) in [5, 5.41) is 4.32. The molecule has 0 fully saturated rings. The van der Waals surface area contributed by atoms with E-state index in [-0.39, 0.29) is 11.6 Å². The third-order valence-corrected chi connectivity index (χ3v) is 11.2. The molecular weight excluding hydrogens is 477 g/mol. The Labute approximate surface area is 210 Å². The molecule has 0 bridgehead atoms. The maximum absolute atomic E-state index is 14.4. The van der Waals surface area contributed by atoms with E-state index >= 15 is 0 Å². The van der Waals surface area contributed by atoms with Crippen molar-refractivity contribution in [1.29, 1.82) is 0 Å². The minimum absolute atomic E-state index is 0.193. The number of hydrogen-bond donors (Lipinski definition) is 1. The molecule has 4 rings (SSSR count). The van der Waals surface area contributed by atoms with Crippen LogP contribution in [-0.4, -0.2) is 36.5 Å². The van der Waals surface area contributed by atoms with E-state index in [9.17, 15) is 14.0 Å². The summed E-state index contributed by atoms with van der Waals surface area (Å²) in [6.07, 6.45) is 3.20. The van der Waals surface area contributed by atoms with Crippen LogP contribution in [0, 0.1) is 5.82 Å². The third-order valence-electron chi connectivity index (χ3n) is 6.16. The molecule has 0 saturated carbocycles. The summed E-state index contributed by atoms with van der Waals surface area (Å²) in [7, 11) is -2.76. The van der Waals surface area contributed by atoms with Gasteiger partial charge < -0.3 is 14.5 Å². The second-order valence-corrected chi connectivity index (χ2v) is 14.0. The molecule has 9 heteroatoms. The fraction of sp³-hybridized carbons (Fsp3) is 0.296. The van der Waals surface area contributed by atoms with Gasteiger partial charge >= 0.3 is 5.69 Å². The lowest BCUT2D eigenvalue weighted by Crippen LogP contribution is -2.67. The Kier molecular flexibility index (Phi) is 7.35. The summed E-state index contributed by atoms with van der Waals surface area (Å²) in [6, 6.07) is 20.5. The van der Waals surface area contributed by atoms with E-state index in [1.807, 2.05) is 42.5 Å². The molecule has 0 saturated heterocycles. The maximum Gasteiger partial charge on any atom is 0.352 e. The van der Waals surface area contributed by atoms with Crippen molar-refractivity contribution in [3.05, 3.63) is 95.3 Å². The second kappa shape index (κ2) is 10.3. The van der Waals surface area contributed by atoms with E-state index in [1.165, 1.54) is 6.92 Å². The van der Waals surface area contributed by atoms with Crippen LogP contribution in [0.1, 0.15) is 33.9 Å². The summed E-state index contributed by atoms with van der Waals surface area (Å²) in [5.74, 6) is -1.75. The van der Waals surface area contributed by atoms with Crippen LogP contribution in [-0.2, 0) is 14.0 Å². The molecule has 1 aliphatic heterocycles. The lowest BCUT2D eigenvalue weighted by atomic mass is 10.2. The first kappa shape index (κ1) is 25.7. The highest BCUT2D eigenvalue weighted by atomic mass is 28.4. The largest absolute Gasteiger partial charge is 0.404 e. The highest BCUT2D eigenvalue weighted by molar-refractivity contribution is 6.99. The van der Waals surface area contributed by atoms with Crippen molar-refractivity contribution in [2.24, 2.45) is 0 Å². The Hall–Kier alpha value is -3.40. The Morgan fingerprint density at radius 2 is 1.67 bits per heavy atom. The van der Waals surface area contributed by atoms with Gasteiger partial charge in [-0.05, 0) is 21.5 Å². The Morgan fingerprint density at radius 1 is 1.08 bits per heavy atom. The van der Waals surface area contributed by atoms with E-state index in [1.54, 1.807) is 6.08 Å². The number of benzene rings is 2. The Morgan fingerprint density at radius 3 is 2.19 bits per heavy atom. The lowest BCUT2D eigenvalue weighted by Gasteiger charge is -2.43. The van der Waals surface area contributed by atoms with E-state index in [0.717, 1.165) is 21.1 Å². The fourth-order valence-corrected chi connectivity index (χ4v) is 9.16. The fourth-order valence-electron chi connectivity index (χ4n) is 4.59. The standard InChI is InChI=1S/C27H30FN3O4Si/c1-19(32)29-25-23(28)17-31(26(33)30-25)24-16-15-20(35-24)18-34-36(27(2,3)4,21-11-7-5-8-12-21)22-13-9-6-10-14-22/h5-17,20,24H,18H2,1-4H3,(H,29,30,32,33)/t20-,24+/m0/s1. The van der Waals surface area contributed by atoms with Gasteiger partial charge in [-0.25, -0.2) is 9.18 Å². The molecule has 0 unspecified atom stereocenters. The zero-order chi connectivity index (χ0) is 25.9. The molecule has 36 heavy (non-hydrogen) atoms. The maximum atomic E-state index is 14.4. The normalized spacial score (nSPS) is 17.8. The van der Waals surface area contributed by atoms with Crippen molar-refractivity contribution in [1.82, 2.24) is 9.55 Å². The highest BCUT2D eigenvalue weighted by Gasteiger charge is 2.50. The number of amides is 1. The van der Waals surface area contributed by atoms with E-state index in [0.29, 0.717) is 0 Å². The van der Waals surface area contributed by atoms with Crippen LogP contribution in [0.25, 0.3) is 0 Å². The number of halogens is 1. The molecule has 2 aromatic carbocycles. The molecule has 188 valence electrons. The third kappa shape index (κ3) is 5.09. The number of rotatable bonds is 7. The average Bonchev–Trinajstić information content (AvgIpc) is 3.30. The highest BCUT2D eigenvalue weighted by Crippen LogP contribution is 2.37. The zero-order valence-electron chi connectivity index (χ0n) is 20.8. The second-order valence-electron chi connectivity index (χ2n) is 9.73. The smallest absolute Gasteiger partial charge is 0.352 e. The van der Waals surface area contributed by atoms with Gasteiger partial charge in [0.15, 0.2) is 17.9 Å². The molecule has 1 aromatic heterocycles. The molecule has 1 amide bonds. The monoisotopic (exact) mass is 507 g/mol. The summed E-state index contributed by atoms with van der Waals surface area (Å²) >= 11 is 0. The number of nitrogens with one attached hydrogen (secondary N) is 1. The number of anilines is 1. The topological polar surface area (TPSA) is 82.5 Å². The van der Waals surface area contributed by atoms with Gasteiger partial charge in [-0.3, -0.25) is 9.36 Å². The van der Waals surface area contributed by atoms with Crippen molar-refractivity contribution in [2.75, 3.05) is 11.9 Å². The van der Waals surface area contributed by atoms with Crippen molar-refractivity contribution in [2.45, 2.75) is 45.1 Å². The molecule has 0 spiro atoms. The van der Waals surface area contributed by atoms with Gasteiger partial charge in [0.25, 0.3) is 8.32 Å². The van der Waals surface area contributed by atoms with Crippen LogP contribution in [0.4, 0.5) is 10.2 Å². The average molecular weight is 508 g/mol. The lowest BCUT2D eigenvalue weighted by molar-refractivity contribution is -0.114. The summed E-state index contributed by atoms with van der Waals surface area (Å²) < 4.78 is 28.4. The molecule has 0 aliphatic carbocycles. The van der Waals surface area contributed by atoms with Gasteiger partial charge in [-0.2, -0.15) is 4.98 Å². The number of hydrogen-bond acceptors (Lipinski definition) is 5. The quantitative estimate of drug-likeness (QED) is 0.392. The minimum atomic E-state index is -2.76. The van der Waals surface area contributed by atoms with Gasteiger partial charge in [-0.15, -0.1) is 0 Å². The summed E-state index contributed by atoms with van der Waals surface area (Å²) in [5.41, 5.74) is -0.733. The van der Waals surface area contributed by atoms with Gasteiger partial charge in [0.2, 0.25) is 5.91 Å². The van der Waals surface area contributed by atoms with Crippen LogP contribution in [0.15, 0.2) is 83.8 Å². The van der Waals surface area contributed by atoms with Crippen molar-refractivity contribution < 1.29 is 18.3 Å². The SMILES string of the molecule is CC(=O)Nc1nc(=O)n([C@H]2C=C[C@@H](CO[Si](c3ccccc3)(c3ccccc3)C(C)(C)C)O2)cc1F.